The molecular weight excluding hydrogens is 188 g/mol. The van der Waals surface area contributed by atoms with Crippen molar-refractivity contribution in [2.24, 2.45) is 11.8 Å². The molecule has 0 bridgehead atoms. The molecule has 0 saturated carbocycles. The number of carbonyl (C=O) groups is 1. The van der Waals surface area contributed by atoms with E-state index in [1.54, 1.807) is 0 Å². The summed E-state index contributed by atoms with van der Waals surface area (Å²) in [6, 6.07) is 0. The van der Waals surface area contributed by atoms with Gasteiger partial charge in [-0.25, -0.2) is 0 Å². The van der Waals surface area contributed by atoms with Crippen molar-refractivity contribution in [2.75, 3.05) is 0 Å². The first kappa shape index (κ1) is 14.5. The van der Waals surface area contributed by atoms with Gasteiger partial charge in [-0.1, -0.05) is 52.9 Å². The number of hydrogen-bond donors (Lipinski definition) is 1. The molecule has 15 heavy (non-hydrogen) atoms. The van der Waals surface area contributed by atoms with Crippen LogP contribution in [0.25, 0.3) is 0 Å². The van der Waals surface area contributed by atoms with E-state index in [-0.39, 0.29) is 5.92 Å². The van der Waals surface area contributed by atoms with E-state index in [0.29, 0.717) is 5.92 Å². The molecule has 2 heteroatoms. The largest absolute Gasteiger partial charge is 0.481 e. The van der Waals surface area contributed by atoms with Gasteiger partial charge in [0.25, 0.3) is 0 Å². The van der Waals surface area contributed by atoms with E-state index in [1.165, 1.54) is 19.3 Å². The highest BCUT2D eigenvalue weighted by Crippen LogP contribution is 2.26. The van der Waals surface area contributed by atoms with E-state index in [2.05, 4.69) is 20.8 Å². The Morgan fingerprint density at radius 1 is 1.07 bits per heavy atom. The van der Waals surface area contributed by atoms with Crippen molar-refractivity contribution in [1.82, 2.24) is 0 Å². The Morgan fingerprint density at radius 2 is 1.73 bits per heavy atom. The predicted octanol–water partition coefficient (Wildman–Crippen LogP) is 4.09. The molecule has 0 aliphatic rings. The molecule has 0 aromatic rings. The summed E-state index contributed by atoms with van der Waals surface area (Å²) in [5.41, 5.74) is 0. The van der Waals surface area contributed by atoms with Gasteiger partial charge in [0, 0.05) is 0 Å². The molecule has 2 atom stereocenters. The molecule has 0 heterocycles. The van der Waals surface area contributed by atoms with E-state index >= 15 is 0 Å². The van der Waals surface area contributed by atoms with Gasteiger partial charge in [-0.3, -0.25) is 4.79 Å². The highest BCUT2D eigenvalue weighted by molar-refractivity contribution is 5.70. The highest BCUT2D eigenvalue weighted by atomic mass is 16.4. The summed E-state index contributed by atoms with van der Waals surface area (Å²) in [7, 11) is 0. The first-order valence-electron chi connectivity index (χ1n) is 6.40. The SMILES string of the molecule is CCCCCC(CC)C(CCC)C(=O)O. The lowest BCUT2D eigenvalue weighted by Crippen LogP contribution is -2.23. The van der Waals surface area contributed by atoms with Crippen molar-refractivity contribution in [3.05, 3.63) is 0 Å². The molecule has 0 aromatic heterocycles. The van der Waals surface area contributed by atoms with Gasteiger partial charge in [-0.2, -0.15) is 0 Å². The molecule has 0 spiro atoms. The van der Waals surface area contributed by atoms with Crippen LogP contribution in [-0.2, 0) is 4.79 Å². The summed E-state index contributed by atoms with van der Waals surface area (Å²) in [5, 5.41) is 9.16. The zero-order chi connectivity index (χ0) is 11.7. The van der Waals surface area contributed by atoms with Crippen LogP contribution in [-0.4, -0.2) is 11.1 Å². The zero-order valence-electron chi connectivity index (χ0n) is 10.5. The van der Waals surface area contributed by atoms with Crippen LogP contribution >= 0.6 is 0 Å². The van der Waals surface area contributed by atoms with Crippen LogP contribution in [0.1, 0.15) is 65.7 Å². The number of carboxylic acids is 1. The van der Waals surface area contributed by atoms with Crippen molar-refractivity contribution in [3.8, 4) is 0 Å². The summed E-state index contributed by atoms with van der Waals surface area (Å²) in [5.74, 6) is -0.328. The van der Waals surface area contributed by atoms with Gasteiger partial charge < -0.3 is 5.11 Å². The summed E-state index contributed by atoms with van der Waals surface area (Å²) in [4.78, 5) is 11.1. The van der Waals surface area contributed by atoms with Crippen molar-refractivity contribution < 1.29 is 9.90 Å². The number of carboxylic acid groups (broad SMARTS) is 1. The fourth-order valence-electron chi connectivity index (χ4n) is 2.22. The lowest BCUT2D eigenvalue weighted by atomic mass is 9.83. The maximum absolute atomic E-state index is 11.1. The van der Waals surface area contributed by atoms with Crippen LogP contribution in [0.2, 0.25) is 0 Å². The number of aliphatic carboxylic acids is 1. The third kappa shape index (κ3) is 5.81. The normalized spacial score (nSPS) is 14.9. The monoisotopic (exact) mass is 214 g/mol. The maximum Gasteiger partial charge on any atom is 0.306 e. The molecule has 0 saturated heterocycles. The van der Waals surface area contributed by atoms with Crippen molar-refractivity contribution in [3.63, 3.8) is 0 Å². The first-order chi connectivity index (χ1) is 7.17. The predicted molar refractivity (Wildman–Crippen MR) is 64.0 cm³/mol. The van der Waals surface area contributed by atoms with Crippen LogP contribution in [0.15, 0.2) is 0 Å². The average Bonchev–Trinajstić information content (AvgIpc) is 2.22. The Morgan fingerprint density at radius 3 is 2.13 bits per heavy atom. The minimum absolute atomic E-state index is 0.114. The fraction of sp³-hybridized carbons (Fsp3) is 0.923. The van der Waals surface area contributed by atoms with E-state index in [9.17, 15) is 4.79 Å². The summed E-state index contributed by atoms with van der Waals surface area (Å²) in [6.45, 7) is 6.36. The Hall–Kier alpha value is -0.530. The Bertz CT molecular complexity index is 166. The lowest BCUT2D eigenvalue weighted by molar-refractivity contribution is -0.144. The highest BCUT2D eigenvalue weighted by Gasteiger charge is 2.25. The van der Waals surface area contributed by atoms with E-state index in [4.69, 9.17) is 5.11 Å². The van der Waals surface area contributed by atoms with E-state index in [0.717, 1.165) is 25.7 Å². The van der Waals surface area contributed by atoms with Crippen molar-refractivity contribution >= 4 is 5.97 Å². The van der Waals surface area contributed by atoms with Gasteiger partial charge in [-0.15, -0.1) is 0 Å². The minimum Gasteiger partial charge on any atom is -0.481 e. The van der Waals surface area contributed by atoms with E-state index < -0.39 is 5.97 Å². The maximum atomic E-state index is 11.1. The first-order valence-corrected chi connectivity index (χ1v) is 6.40. The average molecular weight is 214 g/mol. The molecule has 0 aromatic carbocycles. The molecule has 90 valence electrons. The van der Waals surface area contributed by atoms with Gasteiger partial charge in [0.05, 0.1) is 5.92 Å². The molecule has 0 aliphatic heterocycles. The molecule has 0 aliphatic carbocycles. The summed E-state index contributed by atoms with van der Waals surface area (Å²) < 4.78 is 0. The molecule has 0 radical (unpaired) electrons. The van der Waals surface area contributed by atoms with Gasteiger partial charge in [0.2, 0.25) is 0 Å². The third-order valence-corrected chi connectivity index (χ3v) is 3.19. The molecule has 1 N–H and O–H groups in total. The minimum atomic E-state index is -0.597. The second kappa shape index (κ2) is 8.75. The fourth-order valence-corrected chi connectivity index (χ4v) is 2.22. The van der Waals surface area contributed by atoms with Crippen LogP contribution in [0, 0.1) is 11.8 Å². The molecule has 0 amide bonds. The Balaban J connectivity index is 4.12. The van der Waals surface area contributed by atoms with Crippen LogP contribution in [0.5, 0.6) is 0 Å². The molecule has 2 nitrogen and oxygen atoms in total. The summed E-state index contributed by atoms with van der Waals surface area (Å²) >= 11 is 0. The van der Waals surface area contributed by atoms with Crippen molar-refractivity contribution in [1.29, 1.82) is 0 Å². The quantitative estimate of drug-likeness (QED) is 0.587. The Kier molecular flexibility index (Phi) is 8.44. The third-order valence-electron chi connectivity index (χ3n) is 3.19. The topological polar surface area (TPSA) is 37.3 Å². The van der Waals surface area contributed by atoms with Crippen LogP contribution < -0.4 is 0 Å². The standard InChI is InChI=1S/C13H26O2/c1-4-7-8-10-11(6-3)12(9-5-2)13(14)15/h11-12H,4-10H2,1-3H3,(H,14,15). The molecular formula is C13H26O2. The van der Waals surface area contributed by atoms with Gasteiger partial charge in [0.1, 0.15) is 0 Å². The van der Waals surface area contributed by atoms with E-state index in [1.807, 2.05) is 0 Å². The van der Waals surface area contributed by atoms with Crippen LogP contribution in [0.4, 0.5) is 0 Å². The molecule has 2 unspecified atom stereocenters. The lowest BCUT2D eigenvalue weighted by Gasteiger charge is -2.22. The number of unbranched alkanes of at least 4 members (excludes halogenated alkanes) is 2. The van der Waals surface area contributed by atoms with Gasteiger partial charge >= 0.3 is 5.97 Å². The second-order valence-corrected chi connectivity index (χ2v) is 4.40. The molecule has 0 fully saturated rings. The summed E-state index contributed by atoms with van der Waals surface area (Å²) in [6.07, 6.45) is 7.52. The zero-order valence-corrected chi connectivity index (χ0v) is 10.5. The smallest absolute Gasteiger partial charge is 0.306 e. The van der Waals surface area contributed by atoms with Gasteiger partial charge in [0.15, 0.2) is 0 Å². The number of hydrogen-bond acceptors (Lipinski definition) is 1. The second-order valence-electron chi connectivity index (χ2n) is 4.40. The van der Waals surface area contributed by atoms with Crippen LogP contribution in [0.3, 0.4) is 0 Å². The Labute approximate surface area is 94.1 Å². The van der Waals surface area contributed by atoms with Crippen molar-refractivity contribution in [2.45, 2.75) is 65.7 Å². The number of rotatable bonds is 9. The van der Waals surface area contributed by atoms with Gasteiger partial charge in [-0.05, 0) is 18.8 Å². The molecule has 0 rings (SSSR count).